The minimum absolute atomic E-state index is 0.129. The van der Waals surface area contributed by atoms with Gasteiger partial charge in [0.2, 0.25) is 0 Å². The van der Waals surface area contributed by atoms with Crippen LogP contribution in [0.15, 0.2) is 24.3 Å². The summed E-state index contributed by atoms with van der Waals surface area (Å²) in [5.41, 5.74) is 2.24. The molecule has 4 heteroatoms. The lowest BCUT2D eigenvalue weighted by molar-refractivity contribution is -0.114. The van der Waals surface area contributed by atoms with Crippen molar-refractivity contribution in [3.63, 3.8) is 0 Å². The van der Waals surface area contributed by atoms with Gasteiger partial charge in [-0.15, -0.1) is 0 Å². The van der Waals surface area contributed by atoms with E-state index < -0.39 is 5.97 Å². The van der Waals surface area contributed by atoms with Gasteiger partial charge in [0.1, 0.15) is 5.75 Å². The molecule has 1 aliphatic rings. The van der Waals surface area contributed by atoms with E-state index in [-0.39, 0.29) is 5.78 Å². The summed E-state index contributed by atoms with van der Waals surface area (Å²) in [6.45, 7) is 0. The van der Waals surface area contributed by atoms with E-state index in [2.05, 4.69) is 4.74 Å². The number of methoxy groups -OCH3 is 2. The highest BCUT2D eigenvalue weighted by atomic mass is 16.5. The van der Waals surface area contributed by atoms with E-state index >= 15 is 0 Å². The Balaban J connectivity index is 2.41. The fraction of sp³-hybridized carbons (Fsp3) is 0.286. The molecule has 1 aromatic carbocycles. The normalized spacial score (nSPS) is 14.3. The average Bonchev–Trinajstić information content (AvgIpc) is 2.83. The molecule has 0 heterocycles. The first-order chi connectivity index (χ1) is 8.65. The third kappa shape index (κ3) is 2.27. The van der Waals surface area contributed by atoms with Gasteiger partial charge >= 0.3 is 5.97 Å². The molecule has 0 spiro atoms. The molecule has 0 aromatic heterocycles. The van der Waals surface area contributed by atoms with Crippen LogP contribution in [0.4, 0.5) is 0 Å². The van der Waals surface area contributed by atoms with E-state index in [1.807, 2.05) is 0 Å². The first-order valence-electron chi connectivity index (χ1n) is 5.66. The summed E-state index contributed by atoms with van der Waals surface area (Å²) in [6, 6.07) is 5.09. The monoisotopic (exact) mass is 246 g/mol. The van der Waals surface area contributed by atoms with Crippen molar-refractivity contribution >= 4 is 17.3 Å². The van der Waals surface area contributed by atoms with Crippen LogP contribution < -0.4 is 4.74 Å². The van der Waals surface area contributed by atoms with Gasteiger partial charge in [0.05, 0.1) is 19.8 Å². The Morgan fingerprint density at radius 3 is 2.56 bits per heavy atom. The van der Waals surface area contributed by atoms with E-state index in [9.17, 15) is 9.59 Å². The molecule has 0 amide bonds. The Bertz CT molecular complexity index is 529. The minimum Gasteiger partial charge on any atom is -0.496 e. The van der Waals surface area contributed by atoms with Gasteiger partial charge < -0.3 is 9.47 Å². The molecule has 94 valence electrons. The van der Waals surface area contributed by atoms with Crippen molar-refractivity contribution in [2.24, 2.45) is 0 Å². The highest BCUT2D eigenvalue weighted by Crippen LogP contribution is 2.33. The van der Waals surface area contributed by atoms with Crippen LogP contribution >= 0.6 is 0 Å². The molecule has 0 unspecified atom stereocenters. The van der Waals surface area contributed by atoms with E-state index in [1.165, 1.54) is 14.2 Å². The zero-order valence-electron chi connectivity index (χ0n) is 10.4. The number of ketones is 1. The van der Waals surface area contributed by atoms with Crippen LogP contribution in [-0.2, 0) is 9.53 Å². The summed E-state index contributed by atoms with van der Waals surface area (Å²) in [5.74, 6) is 0.305. The van der Waals surface area contributed by atoms with Gasteiger partial charge in [0, 0.05) is 12.0 Å². The zero-order chi connectivity index (χ0) is 13.1. The lowest BCUT2D eigenvalue weighted by Crippen LogP contribution is -2.02. The maximum atomic E-state index is 11.4. The molecule has 4 nitrogen and oxygen atoms in total. The van der Waals surface area contributed by atoms with Crippen LogP contribution in [0.5, 0.6) is 5.75 Å². The average molecular weight is 246 g/mol. The van der Waals surface area contributed by atoms with Crippen molar-refractivity contribution in [2.45, 2.75) is 12.8 Å². The summed E-state index contributed by atoms with van der Waals surface area (Å²) in [4.78, 5) is 22.7. The molecule has 0 aliphatic heterocycles. The first kappa shape index (κ1) is 12.4. The molecule has 2 rings (SSSR count). The molecule has 1 aliphatic carbocycles. The summed E-state index contributed by atoms with van der Waals surface area (Å²) in [5, 5.41) is 0. The fourth-order valence-corrected chi connectivity index (χ4v) is 2.01. The number of esters is 1. The van der Waals surface area contributed by atoms with Gasteiger partial charge in [-0.25, -0.2) is 4.79 Å². The Labute approximate surface area is 105 Å². The van der Waals surface area contributed by atoms with Crippen LogP contribution in [0.3, 0.4) is 0 Å². The van der Waals surface area contributed by atoms with Crippen molar-refractivity contribution in [1.29, 1.82) is 0 Å². The third-order valence-electron chi connectivity index (χ3n) is 2.94. The van der Waals surface area contributed by atoms with Crippen LogP contribution in [0.2, 0.25) is 0 Å². The molecule has 1 aromatic rings. The van der Waals surface area contributed by atoms with Crippen LogP contribution in [0.25, 0.3) is 5.57 Å². The second kappa shape index (κ2) is 5.04. The second-order valence-corrected chi connectivity index (χ2v) is 4.04. The van der Waals surface area contributed by atoms with Gasteiger partial charge in [-0.3, -0.25) is 4.79 Å². The van der Waals surface area contributed by atoms with Crippen molar-refractivity contribution in [3.05, 3.63) is 35.4 Å². The van der Waals surface area contributed by atoms with Gasteiger partial charge in [0.15, 0.2) is 5.78 Å². The lowest BCUT2D eigenvalue weighted by Gasteiger charge is -2.10. The van der Waals surface area contributed by atoms with Crippen molar-refractivity contribution in [3.8, 4) is 5.75 Å². The van der Waals surface area contributed by atoms with E-state index in [0.29, 0.717) is 24.2 Å². The van der Waals surface area contributed by atoms with Crippen LogP contribution in [-0.4, -0.2) is 26.0 Å². The van der Waals surface area contributed by atoms with Gasteiger partial charge in [-0.1, -0.05) is 6.07 Å². The van der Waals surface area contributed by atoms with E-state index in [4.69, 9.17) is 4.74 Å². The van der Waals surface area contributed by atoms with E-state index in [1.54, 1.807) is 24.3 Å². The SMILES string of the molecule is COC(=O)c1ccc(C2=CC(=O)CC2)c(OC)c1. The molecule has 0 N–H and O–H groups in total. The molecule has 0 atom stereocenters. The molecule has 0 fully saturated rings. The largest absolute Gasteiger partial charge is 0.496 e. The quantitative estimate of drug-likeness (QED) is 0.767. The molecule has 18 heavy (non-hydrogen) atoms. The van der Waals surface area contributed by atoms with Crippen LogP contribution in [0.1, 0.15) is 28.8 Å². The zero-order valence-corrected chi connectivity index (χ0v) is 10.4. The van der Waals surface area contributed by atoms with Crippen molar-refractivity contribution < 1.29 is 19.1 Å². The van der Waals surface area contributed by atoms with Gasteiger partial charge in [0.25, 0.3) is 0 Å². The number of rotatable bonds is 3. The molecule has 0 saturated carbocycles. The summed E-state index contributed by atoms with van der Waals surface area (Å²) in [7, 11) is 2.87. The number of benzene rings is 1. The Kier molecular flexibility index (Phi) is 3.46. The molecular weight excluding hydrogens is 232 g/mol. The van der Waals surface area contributed by atoms with E-state index in [0.717, 1.165) is 11.1 Å². The highest BCUT2D eigenvalue weighted by Gasteiger charge is 2.18. The van der Waals surface area contributed by atoms with Gasteiger partial charge in [-0.2, -0.15) is 0 Å². The maximum absolute atomic E-state index is 11.4. The minimum atomic E-state index is -0.406. The number of allylic oxidation sites excluding steroid dienone is 2. The Hall–Kier alpha value is -2.10. The van der Waals surface area contributed by atoms with Gasteiger partial charge in [-0.05, 0) is 30.2 Å². The lowest BCUT2D eigenvalue weighted by atomic mass is 10.0. The Morgan fingerprint density at radius 2 is 2.00 bits per heavy atom. The summed E-state index contributed by atoms with van der Waals surface area (Å²) >= 11 is 0. The second-order valence-electron chi connectivity index (χ2n) is 4.04. The molecule has 0 bridgehead atoms. The number of hydrogen-bond donors (Lipinski definition) is 0. The fourth-order valence-electron chi connectivity index (χ4n) is 2.01. The molecule has 0 radical (unpaired) electrons. The number of carbonyl (C=O) groups excluding carboxylic acids is 2. The number of ether oxygens (including phenoxy) is 2. The topological polar surface area (TPSA) is 52.6 Å². The Morgan fingerprint density at radius 1 is 1.22 bits per heavy atom. The predicted octanol–water partition coefficient (Wildman–Crippen LogP) is 2.23. The molecular formula is C14H14O4. The van der Waals surface area contributed by atoms with Crippen molar-refractivity contribution in [2.75, 3.05) is 14.2 Å². The first-order valence-corrected chi connectivity index (χ1v) is 5.66. The highest BCUT2D eigenvalue weighted by molar-refractivity contribution is 6.02. The standard InChI is InChI=1S/C14H14O4/c1-17-13-8-10(14(16)18-2)4-6-12(13)9-3-5-11(15)7-9/h4,6-8H,3,5H2,1-2H3. The van der Waals surface area contributed by atoms with Crippen LogP contribution in [0, 0.1) is 0 Å². The summed E-state index contributed by atoms with van der Waals surface area (Å²) in [6.07, 6.45) is 2.89. The predicted molar refractivity (Wildman–Crippen MR) is 66.6 cm³/mol. The smallest absolute Gasteiger partial charge is 0.337 e. The number of carbonyl (C=O) groups is 2. The molecule has 0 saturated heterocycles. The maximum Gasteiger partial charge on any atom is 0.337 e. The third-order valence-corrected chi connectivity index (χ3v) is 2.94. The number of hydrogen-bond acceptors (Lipinski definition) is 4. The summed E-state index contributed by atoms with van der Waals surface area (Å²) < 4.78 is 9.92. The van der Waals surface area contributed by atoms with Crippen molar-refractivity contribution in [1.82, 2.24) is 0 Å².